The summed E-state index contributed by atoms with van der Waals surface area (Å²) in [5.41, 5.74) is 0. The minimum atomic E-state index is -1.11. The number of epoxide rings is 1. The highest BCUT2D eigenvalue weighted by molar-refractivity contribution is 5.82. The molecule has 0 aliphatic carbocycles. The largest absolute Gasteiger partial charge is 0.481 e. The Morgan fingerprint density at radius 2 is 1.14 bits per heavy atom. The molecular weight excluding hydrogens is 192 g/mol. The number of ether oxygens (including phenoxy) is 2. The Balaban J connectivity index is 1.95. The molecule has 6 heteroatoms. The van der Waals surface area contributed by atoms with Gasteiger partial charge in [0.05, 0.1) is 0 Å². The molecule has 3 aliphatic heterocycles. The Hall–Kier alpha value is -1.14. The Morgan fingerprint density at radius 3 is 1.50 bits per heavy atom. The van der Waals surface area contributed by atoms with E-state index in [4.69, 9.17) is 19.7 Å². The molecule has 3 heterocycles. The molecule has 0 spiro atoms. The number of aliphatic carboxylic acids is 2. The number of rotatable bonds is 2. The molecule has 3 aliphatic rings. The van der Waals surface area contributed by atoms with Crippen LogP contribution in [0.25, 0.3) is 0 Å². The smallest absolute Gasteiger partial charge is 0.310 e. The van der Waals surface area contributed by atoms with E-state index in [-0.39, 0.29) is 12.2 Å². The molecule has 0 radical (unpaired) electrons. The highest BCUT2D eigenvalue weighted by Crippen LogP contribution is 2.53. The fourth-order valence-electron chi connectivity index (χ4n) is 2.58. The van der Waals surface area contributed by atoms with Gasteiger partial charge in [-0.3, -0.25) is 9.59 Å². The second-order valence-corrected chi connectivity index (χ2v) is 3.86. The minimum Gasteiger partial charge on any atom is -0.481 e. The van der Waals surface area contributed by atoms with Gasteiger partial charge in [-0.25, -0.2) is 0 Å². The normalized spacial score (nSPS) is 52.9. The van der Waals surface area contributed by atoms with Crippen LogP contribution in [0.4, 0.5) is 0 Å². The first-order valence-corrected chi connectivity index (χ1v) is 4.38. The third-order valence-corrected chi connectivity index (χ3v) is 3.19. The molecule has 6 atom stereocenters. The van der Waals surface area contributed by atoms with Crippen molar-refractivity contribution in [3.8, 4) is 0 Å². The van der Waals surface area contributed by atoms with Crippen molar-refractivity contribution < 1.29 is 29.3 Å². The first kappa shape index (κ1) is 8.19. The fourth-order valence-corrected chi connectivity index (χ4v) is 2.58. The van der Waals surface area contributed by atoms with E-state index < -0.39 is 36.0 Å². The molecule has 14 heavy (non-hydrogen) atoms. The summed E-state index contributed by atoms with van der Waals surface area (Å²) in [7, 11) is 0. The SMILES string of the molecule is O=C(O)[C@H]1[C@@H]2O[C@@H]([C@@H]3O[C@@H]32)[C@@H]1C(=O)O. The zero-order chi connectivity index (χ0) is 10.0. The number of fused-ring (bicyclic) bond motifs is 5. The maximum Gasteiger partial charge on any atom is 0.310 e. The molecule has 2 N–H and O–H groups in total. The molecule has 2 bridgehead atoms. The first-order valence-electron chi connectivity index (χ1n) is 4.38. The van der Waals surface area contributed by atoms with Gasteiger partial charge >= 0.3 is 11.9 Å². The van der Waals surface area contributed by atoms with Crippen molar-refractivity contribution in [2.45, 2.75) is 24.4 Å². The van der Waals surface area contributed by atoms with Crippen molar-refractivity contribution in [3.05, 3.63) is 0 Å². The summed E-state index contributed by atoms with van der Waals surface area (Å²) in [4.78, 5) is 21.7. The summed E-state index contributed by atoms with van der Waals surface area (Å²) in [6.07, 6.45) is -1.50. The van der Waals surface area contributed by atoms with Crippen molar-refractivity contribution in [1.82, 2.24) is 0 Å². The predicted molar refractivity (Wildman–Crippen MR) is 39.6 cm³/mol. The topological polar surface area (TPSA) is 96.4 Å². The second kappa shape index (κ2) is 2.26. The van der Waals surface area contributed by atoms with Crippen molar-refractivity contribution >= 4 is 11.9 Å². The van der Waals surface area contributed by atoms with E-state index in [1.54, 1.807) is 0 Å². The van der Waals surface area contributed by atoms with Crippen molar-refractivity contribution in [1.29, 1.82) is 0 Å². The highest BCUT2D eigenvalue weighted by Gasteiger charge is 2.72. The standard InChI is InChI=1S/C8H8O6/c9-7(10)1-2(8(11)12)4-6-5(14-6)3(1)13-4/h1-6H,(H,9,10)(H,11,12)/t1-,2-,3-,4+,5+,6-/m1/s1. The molecule has 3 saturated heterocycles. The maximum atomic E-state index is 10.9. The van der Waals surface area contributed by atoms with Crippen LogP contribution in [0.2, 0.25) is 0 Å². The van der Waals surface area contributed by atoms with Crippen LogP contribution in [0.15, 0.2) is 0 Å². The van der Waals surface area contributed by atoms with Gasteiger partial charge < -0.3 is 19.7 Å². The van der Waals surface area contributed by atoms with Crippen LogP contribution in [0, 0.1) is 11.8 Å². The fraction of sp³-hybridized carbons (Fsp3) is 0.750. The second-order valence-electron chi connectivity index (χ2n) is 3.86. The molecule has 0 aromatic heterocycles. The lowest BCUT2D eigenvalue weighted by molar-refractivity contribution is -0.153. The maximum absolute atomic E-state index is 10.9. The van der Waals surface area contributed by atoms with Crippen molar-refractivity contribution in [2.75, 3.05) is 0 Å². The van der Waals surface area contributed by atoms with Gasteiger partial charge in [0.1, 0.15) is 36.3 Å². The predicted octanol–water partition coefficient (Wildman–Crippen LogP) is -1.06. The third-order valence-electron chi connectivity index (χ3n) is 3.19. The van der Waals surface area contributed by atoms with Crippen LogP contribution >= 0.6 is 0 Å². The van der Waals surface area contributed by atoms with Gasteiger partial charge in [0, 0.05) is 0 Å². The summed E-state index contributed by atoms with van der Waals surface area (Å²) in [6.45, 7) is 0. The van der Waals surface area contributed by atoms with Crippen LogP contribution in [-0.4, -0.2) is 46.6 Å². The van der Waals surface area contributed by atoms with E-state index in [1.807, 2.05) is 0 Å². The number of carbonyl (C=O) groups is 2. The quantitative estimate of drug-likeness (QED) is 0.551. The van der Waals surface area contributed by atoms with Crippen LogP contribution < -0.4 is 0 Å². The number of hydrogen-bond donors (Lipinski definition) is 2. The summed E-state index contributed by atoms with van der Waals surface area (Å²) < 4.78 is 10.4. The van der Waals surface area contributed by atoms with E-state index >= 15 is 0 Å². The average molecular weight is 200 g/mol. The minimum absolute atomic E-state index is 0.184. The van der Waals surface area contributed by atoms with Gasteiger partial charge in [-0.05, 0) is 0 Å². The lowest BCUT2D eigenvalue weighted by Crippen LogP contribution is -2.41. The van der Waals surface area contributed by atoms with Crippen LogP contribution in [0.5, 0.6) is 0 Å². The Morgan fingerprint density at radius 1 is 0.786 bits per heavy atom. The highest BCUT2D eigenvalue weighted by atomic mass is 16.7. The summed E-state index contributed by atoms with van der Waals surface area (Å²) >= 11 is 0. The first-order chi connectivity index (χ1) is 6.61. The van der Waals surface area contributed by atoms with Gasteiger partial charge in [-0.15, -0.1) is 0 Å². The number of carboxylic acid groups (broad SMARTS) is 2. The molecule has 0 amide bonds. The summed E-state index contributed by atoms with van der Waals surface area (Å²) in [5.74, 6) is -4.14. The molecule has 3 fully saturated rings. The Bertz CT molecular complexity index is 296. The zero-order valence-electron chi connectivity index (χ0n) is 6.99. The van der Waals surface area contributed by atoms with Gasteiger partial charge in [0.2, 0.25) is 0 Å². The van der Waals surface area contributed by atoms with Gasteiger partial charge in [0.15, 0.2) is 0 Å². The van der Waals surface area contributed by atoms with Crippen molar-refractivity contribution in [3.63, 3.8) is 0 Å². The van der Waals surface area contributed by atoms with Crippen LogP contribution in [0.3, 0.4) is 0 Å². The summed E-state index contributed by atoms with van der Waals surface area (Å²) in [5, 5.41) is 17.8. The number of hydrogen-bond acceptors (Lipinski definition) is 4. The monoisotopic (exact) mass is 200 g/mol. The zero-order valence-corrected chi connectivity index (χ0v) is 6.99. The van der Waals surface area contributed by atoms with E-state index in [2.05, 4.69) is 0 Å². The lowest BCUT2D eigenvalue weighted by Gasteiger charge is -2.17. The van der Waals surface area contributed by atoms with E-state index in [0.717, 1.165) is 0 Å². The van der Waals surface area contributed by atoms with E-state index in [0.29, 0.717) is 0 Å². The third kappa shape index (κ3) is 0.777. The van der Waals surface area contributed by atoms with Gasteiger partial charge in [0.25, 0.3) is 0 Å². The average Bonchev–Trinajstić information content (AvgIpc) is 2.71. The Labute approximate surface area is 78.4 Å². The van der Waals surface area contributed by atoms with E-state index in [1.165, 1.54) is 0 Å². The van der Waals surface area contributed by atoms with Crippen molar-refractivity contribution in [2.24, 2.45) is 11.8 Å². The van der Waals surface area contributed by atoms with Gasteiger partial charge in [-0.1, -0.05) is 0 Å². The lowest BCUT2D eigenvalue weighted by atomic mass is 9.79. The molecule has 3 rings (SSSR count). The number of carboxylic acids is 2. The van der Waals surface area contributed by atoms with Crippen LogP contribution in [0.1, 0.15) is 0 Å². The molecule has 0 aromatic carbocycles. The summed E-state index contributed by atoms with van der Waals surface area (Å²) in [6, 6.07) is 0. The molecule has 0 saturated carbocycles. The molecule has 0 aromatic rings. The molecule has 6 nitrogen and oxygen atoms in total. The molecular formula is C8H8O6. The molecule has 76 valence electrons. The van der Waals surface area contributed by atoms with Gasteiger partial charge in [-0.2, -0.15) is 0 Å². The molecule has 0 unspecified atom stereocenters. The van der Waals surface area contributed by atoms with E-state index in [9.17, 15) is 9.59 Å². The Kier molecular flexibility index (Phi) is 1.32. The van der Waals surface area contributed by atoms with Crippen LogP contribution in [-0.2, 0) is 19.1 Å².